The molecule has 24 heavy (non-hydrogen) atoms. The number of amides is 1. The summed E-state index contributed by atoms with van der Waals surface area (Å²) in [4.78, 5) is 13.5. The van der Waals surface area contributed by atoms with E-state index in [4.69, 9.17) is 0 Å². The Hall–Kier alpha value is -2.05. The molecule has 0 radical (unpaired) electrons. The van der Waals surface area contributed by atoms with Gasteiger partial charge in [-0.3, -0.25) is 10.1 Å². The van der Waals surface area contributed by atoms with Crippen molar-refractivity contribution in [1.29, 1.82) is 0 Å². The second kappa shape index (κ2) is 6.45. The van der Waals surface area contributed by atoms with Crippen LogP contribution in [0.2, 0.25) is 0 Å². The average molecular weight is 358 g/mol. The number of hydrogen-bond donors (Lipinski definition) is 1. The Morgan fingerprint density at radius 2 is 1.79 bits per heavy atom. The lowest BCUT2D eigenvalue weighted by Gasteiger charge is -2.18. The van der Waals surface area contributed by atoms with Crippen LogP contribution in [-0.4, -0.2) is 16.1 Å². The van der Waals surface area contributed by atoms with Gasteiger partial charge >= 0.3 is 0 Å². The summed E-state index contributed by atoms with van der Waals surface area (Å²) in [5.41, 5.74) is 3.06. The maximum absolute atomic E-state index is 12.4. The van der Waals surface area contributed by atoms with Gasteiger partial charge in [0.1, 0.15) is 0 Å². The molecule has 1 amide bonds. The van der Waals surface area contributed by atoms with Gasteiger partial charge in [-0.25, -0.2) is 0 Å². The van der Waals surface area contributed by atoms with E-state index in [2.05, 4.69) is 42.4 Å². The van der Waals surface area contributed by atoms with Crippen molar-refractivity contribution in [2.75, 3.05) is 5.32 Å². The first kappa shape index (κ1) is 16.8. The summed E-state index contributed by atoms with van der Waals surface area (Å²) in [6, 6.07) is 9.74. The molecule has 3 aromatic rings. The first-order valence-corrected chi connectivity index (χ1v) is 9.34. The summed E-state index contributed by atoms with van der Waals surface area (Å²) >= 11 is 3.02. The van der Waals surface area contributed by atoms with Gasteiger partial charge in [0.15, 0.2) is 5.01 Å². The van der Waals surface area contributed by atoms with Crippen LogP contribution in [0.15, 0.2) is 35.7 Å². The Bertz CT molecular complexity index is 857. The molecule has 2 heterocycles. The number of benzene rings is 1. The van der Waals surface area contributed by atoms with E-state index in [9.17, 15) is 4.79 Å². The van der Waals surface area contributed by atoms with Crippen molar-refractivity contribution in [3.63, 3.8) is 0 Å². The number of thiophene rings is 1. The lowest BCUT2D eigenvalue weighted by molar-refractivity contribution is 0.102. The highest BCUT2D eigenvalue weighted by atomic mass is 32.1. The molecule has 0 aliphatic heterocycles. The standard InChI is InChI=1S/C18H19N3OS2/c1-11-9-10-23-14(11)16-20-21-17(24-16)19-15(22)12-5-7-13(8-6-12)18(2,3)4/h5-10H,1-4H3,(H,19,21,22). The van der Waals surface area contributed by atoms with Crippen LogP contribution in [0.4, 0.5) is 5.13 Å². The zero-order chi connectivity index (χ0) is 17.3. The lowest BCUT2D eigenvalue weighted by atomic mass is 9.87. The van der Waals surface area contributed by atoms with E-state index in [1.807, 2.05) is 36.6 Å². The van der Waals surface area contributed by atoms with Crippen LogP contribution in [-0.2, 0) is 5.41 Å². The summed E-state index contributed by atoms with van der Waals surface area (Å²) in [5.74, 6) is -0.166. The summed E-state index contributed by atoms with van der Waals surface area (Å²) in [6.07, 6.45) is 0. The van der Waals surface area contributed by atoms with Gasteiger partial charge in [0, 0.05) is 5.56 Å². The molecule has 124 valence electrons. The number of hydrogen-bond acceptors (Lipinski definition) is 5. The van der Waals surface area contributed by atoms with Crippen molar-refractivity contribution in [2.45, 2.75) is 33.1 Å². The monoisotopic (exact) mass is 357 g/mol. The average Bonchev–Trinajstić information content (AvgIpc) is 3.15. The first-order valence-electron chi connectivity index (χ1n) is 7.64. The summed E-state index contributed by atoms with van der Waals surface area (Å²) in [5, 5.41) is 14.5. The molecule has 0 fully saturated rings. The zero-order valence-electron chi connectivity index (χ0n) is 14.1. The van der Waals surface area contributed by atoms with Crippen molar-refractivity contribution < 1.29 is 4.79 Å². The number of rotatable bonds is 3. The van der Waals surface area contributed by atoms with Gasteiger partial charge in [-0.1, -0.05) is 44.2 Å². The Kier molecular flexibility index (Phi) is 4.51. The highest BCUT2D eigenvalue weighted by Crippen LogP contribution is 2.33. The third-order valence-electron chi connectivity index (χ3n) is 3.71. The summed E-state index contributed by atoms with van der Waals surface area (Å²) in [6.45, 7) is 8.49. The minimum atomic E-state index is -0.166. The van der Waals surface area contributed by atoms with Crippen LogP contribution in [0.25, 0.3) is 9.88 Å². The first-order chi connectivity index (χ1) is 11.3. The molecule has 3 rings (SSSR count). The normalized spacial score (nSPS) is 11.5. The van der Waals surface area contributed by atoms with Gasteiger partial charge in [0.05, 0.1) is 4.88 Å². The Morgan fingerprint density at radius 3 is 2.38 bits per heavy atom. The van der Waals surface area contributed by atoms with E-state index in [1.54, 1.807) is 11.3 Å². The number of anilines is 1. The van der Waals surface area contributed by atoms with Gasteiger partial charge in [-0.15, -0.1) is 21.5 Å². The molecule has 2 aromatic heterocycles. The molecule has 0 aliphatic carbocycles. The van der Waals surface area contributed by atoms with Gasteiger partial charge < -0.3 is 0 Å². The van der Waals surface area contributed by atoms with Crippen molar-refractivity contribution >= 4 is 33.7 Å². The Morgan fingerprint density at radius 1 is 1.08 bits per heavy atom. The molecule has 1 aromatic carbocycles. The van der Waals surface area contributed by atoms with E-state index in [0.29, 0.717) is 10.7 Å². The minimum Gasteiger partial charge on any atom is -0.296 e. The van der Waals surface area contributed by atoms with Crippen LogP contribution in [0.1, 0.15) is 42.3 Å². The van der Waals surface area contributed by atoms with E-state index in [0.717, 1.165) is 9.88 Å². The minimum absolute atomic E-state index is 0.0711. The molecule has 6 heteroatoms. The fourth-order valence-corrected chi connectivity index (χ4v) is 4.07. The SMILES string of the molecule is Cc1ccsc1-c1nnc(NC(=O)c2ccc(C(C)(C)C)cc2)s1. The highest BCUT2D eigenvalue weighted by molar-refractivity contribution is 7.23. The van der Waals surface area contributed by atoms with Crippen molar-refractivity contribution in [3.05, 3.63) is 52.4 Å². The molecule has 0 atom stereocenters. The van der Waals surface area contributed by atoms with Crippen LogP contribution >= 0.6 is 22.7 Å². The maximum atomic E-state index is 12.4. The van der Waals surface area contributed by atoms with Crippen molar-refractivity contribution in [2.24, 2.45) is 0 Å². The number of aromatic nitrogens is 2. The molecular weight excluding hydrogens is 338 g/mol. The second-order valence-electron chi connectivity index (χ2n) is 6.63. The fourth-order valence-electron chi connectivity index (χ4n) is 2.25. The van der Waals surface area contributed by atoms with Crippen molar-refractivity contribution in [1.82, 2.24) is 10.2 Å². The Balaban J connectivity index is 1.74. The third kappa shape index (κ3) is 3.55. The number of nitrogens with zero attached hydrogens (tertiary/aromatic N) is 2. The number of aryl methyl sites for hydroxylation is 1. The Labute approximate surface area is 149 Å². The predicted octanol–water partition coefficient (Wildman–Crippen LogP) is 5.12. The van der Waals surface area contributed by atoms with E-state index in [-0.39, 0.29) is 11.3 Å². The molecular formula is C18H19N3OS2. The zero-order valence-corrected chi connectivity index (χ0v) is 15.7. The molecule has 0 saturated carbocycles. The summed E-state index contributed by atoms with van der Waals surface area (Å²) < 4.78 is 0. The van der Waals surface area contributed by atoms with Crippen LogP contribution < -0.4 is 5.32 Å². The van der Waals surface area contributed by atoms with Gasteiger partial charge in [0.25, 0.3) is 5.91 Å². The third-order valence-corrected chi connectivity index (χ3v) is 5.72. The van der Waals surface area contributed by atoms with Crippen LogP contribution in [0.5, 0.6) is 0 Å². The molecule has 4 nitrogen and oxygen atoms in total. The molecule has 1 N–H and O–H groups in total. The summed E-state index contributed by atoms with van der Waals surface area (Å²) in [7, 11) is 0. The number of carbonyl (C=O) groups is 1. The second-order valence-corrected chi connectivity index (χ2v) is 8.52. The van der Waals surface area contributed by atoms with Gasteiger partial charge in [0.2, 0.25) is 5.13 Å². The van der Waals surface area contributed by atoms with Crippen molar-refractivity contribution in [3.8, 4) is 9.88 Å². The molecule has 0 spiro atoms. The van der Waals surface area contributed by atoms with Gasteiger partial charge in [-0.05, 0) is 47.0 Å². The number of carbonyl (C=O) groups excluding carboxylic acids is 1. The number of nitrogens with one attached hydrogen (secondary N) is 1. The lowest BCUT2D eigenvalue weighted by Crippen LogP contribution is -2.14. The largest absolute Gasteiger partial charge is 0.296 e. The molecule has 0 aliphatic rings. The smallest absolute Gasteiger partial charge is 0.257 e. The molecule has 0 bridgehead atoms. The van der Waals surface area contributed by atoms with Crippen LogP contribution in [0, 0.1) is 6.92 Å². The molecule has 0 unspecified atom stereocenters. The van der Waals surface area contributed by atoms with Crippen LogP contribution in [0.3, 0.4) is 0 Å². The fraction of sp³-hybridized carbons (Fsp3) is 0.278. The topological polar surface area (TPSA) is 54.9 Å². The van der Waals surface area contributed by atoms with Gasteiger partial charge in [-0.2, -0.15) is 0 Å². The van der Waals surface area contributed by atoms with E-state index in [1.165, 1.54) is 22.5 Å². The quantitative estimate of drug-likeness (QED) is 0.707. The maximum Gasteiger partial charge on any atom is 0.257 e. The highest BCUT2D eigenvalue weighted by Gasteiger charge is 2.16. The van der Waals surface area contributed by atoms with E-state index >= 15 is 0 Å². The van der Waals surface area contributed by atoms with E-state index < -0.39 is 0 Å². The molecule has 0 saturated heterocycles. The predicted molar refractivity (Wildman–Crippen MR) is 101 cm³/mol.